The first-order valence-electron chi connectivity index (χ1n) is 7.20. The van der Waals surface area contributed by atoms with Gasteiger partial charge in [0.25, 0.3) is 0 Å². The lowest BCUT2D eigenvalue weighted by Gasteiger charge is -2.21. The van der Waals surface area contributed by atoms with Gasteiger partial charge in [0.05, 0.1) is 10.5 Å². The Hall–Kier alpha value is -1.79. The van der Waals surface area contributed by atoms with Crippen molar-refractivity contribution in [1.82, 2.24) is 0 Å². The summed E-state index contributed by atoms with van der Waals surface area (Å²) in [6.07, 6.45) is 1.14. The van der Waals surface area contributed by atoms with Crippen molar-refractivity contribution in [1.29, 1.82) is 0 Å². The zero-order valence-corrected chi connectivity index (χ0v) is 15.3. The van der Waals surface area contributed by atoms with Crippen molar-refractivity contribution in [2.75, 3.05) is 18.7 Å². The lowest BCUT2D eigenvalue weighted by atomic mass is 9.92. The van der Waals surface area contributed by atoms with E-state index in [-0.39, 0.29) is 23.1 Å². The average Bonchev–Trinajstić information content (AvgIpc) is 2.72. The lowest BCUT2D eigenvalue weighted by molar-refractivity contribution is -0.146. The molecule has 1 aromatic carbocycles. The third-order valence-corrected chi connectivity index (χ3v) is 5.05. The SMILES string of the molecule is C=C(CCl)COC1=C(c2ccc(S(C)(=O)=O)cc2)C(C)(C)OC1=O. The number of hydrogen-bond acceptors (Lipinski definition) is 5. The number of carbonyl (C=O) groups is 1. The summed E-state index contributed by atoms with van der Waals surface area (Å²) in [6, 6.07) is 6.25. The molecular weight excluding hydrogens is 352 g/mol. The Bertz CT molecular complexity index is 804. The third kappa shape index (κ3) is 3.82. The number of sulfone groups is 1. The summed E-state index contributed by atoms with van der Waals surface area (Å²) < 4.78 is 34.1. The van der Waals surface area contributed by atoms with Crippen LogP contribution in [0.1, 0.15) is 19.4 Å². The van der Waals surface area contributed by atoms with Gasteiger partial charge in [0.15, 0.2) is 9.84 Å². The molecule has 0 bridgehead atoms. The standard InChI is InChI=1S/C17H19ClO5S/c1-11(9-18)10-22-15-14(17(2,3)23-16(15)19)12-5-7-13(8-6-12)24(4,20)21/h5-8H,1,9-10H2,2-4H3. The molecule has 0 radical (unpaired) electrons. The molecule has 0 atom stereocenters. The molecule has 2 rings (SSSR count). The number of alkyl halides is 1. The van der Waals surface area contributed by atoms with Crippen molar-refractivity contribution in [2.45, 2.75) is 24.3 Å². The third-order valence-electron chi connectivity index (χ3n) is 3.54. The highest BCUT2D eigenvalue weighted by Crippen LogP contribution is 2.40. The van der Waals surface area contributed by atoms with Gasteiger partial charge in [-0.2, -0.15) is 0 Å². The predicted molar refractivity (Wildman–Crippen MR) is 92.5 cm³/mol. The highest BCUT2D eigenvalue weighted by Gasteiger charge is 2.42. The molecule has 1 aliphatic heterocycles. The van der Waals surface area contributed by atoms with E-state index in [1.165, 1.54) is 12.1 Å². The monoisotopic (exact) mass is 370 g/mol. The van der Waals surface area contributed by atoms with Gasteiger partial charge in [0, 0.05) is 12.1 Å². The fourth-order valence-electron chi connectivity index (χ4n) is 2.40. The molecule has 0 spiro atoms. The van der Waals surface area contributed by atoms with Crippen molar-refractivity contribution < 1.29 is 22.7 Å². The van der Waals surface area contributed by atoms with Crippen molar-refractivity contribution in [3.8, 4) is 0 Å². The molecular formula is C17H19ClO5S. The van der Waals surface area contributed by atoms with E-state index in [9.17, 15) is 13.2 Å². The molecule has 0 aromatic heterocycles. The van der Waals surface area contributed by atoms with E-state index in [0.717, 1.165) is 6.26 Å². The van der Waals surface area contributed by atoms with E-state index in [2.05, 4.69) is 6.58 Å². The van der Waals surface area contributed by atoms with Crippen molar-refractivity contribution >= 4 is 33.0 Å². The van der Waals surface area contributed by atoms with Gasteiger partial charge in [-0.15, -0.1) is 11.6 Å². The molecule has 0 saturated heterocycles. The molecule has 0 aliphatic carbocycles. The fraction of sp³-hybridized carbons (Fsp3) is 0.353. The number of esters is 1. The maximum Gasteiger partial charge on any atom is 0.374 e. The number of rotatable bonds is 6. The predicted octanol–water partition coefficient (Wildman–Crippen LogP) is 2.95. The first-order chi connectivity index (χ1) is 11.1. The van der Waals surface area contributed by atoms with E-state index in [1.807, 2.05) is 0 Å². The first-order valence-corrected chi connectivity index (χ1v) is 9.63. The molecule has 24 heavy (non-hydrogen) atoms. The first kappa shape index (κ1) is 18.5. The smallest absolute Gasteiger partial charge is 0.374 e. The second kappa shape index (κ2) is 6.61. The summed E-state index contributed by atoms with van der Waals surface area (Å²) in [5, 5.41) is 0. The Labute approximate surface area is 146 Å². The molecule has 130 valence electrons. The van der Waals surface area contributed by atoms with E-state index in [0.29, 0.717) is 16.7 Å². The zero-order chi connectivity index (χ0) is 18.1. The highest BCUT2D eigenvalue weighted by molar-refractivity contribution is 7.90. The quantitative estimate of drug-likeness (QED) is 0.437. The number of carbonyl (C=O) groups excluding carboxylic acids is 1. The van der Waals surface area contributed by atoms with E-state index < -0.39 is 21.4 Å². The van der Waals surface area contributed by atoms with Crippen LogP contribution in [0.2, 0.25) is 0 Å². The van der Waals surface area contributed by atoms with Gasteiger partial charge in [0.1, 0.15) is 12.2 Å². The number of benzene rings is 1. The molecule has 1 heterocycles. The molecule has 1 aromatic rings. The molecule has 0 fully saturated rings. The van der Waals surface area contributed by atoms with Gasteiger partial charge in [-0.1, -0.05) is 18.7 Å². The Morgan fingerprint density at radius 2 is 1.88 bits per heavy atom. The van der Waals surface area contributed by atoms with Crippen LogP contribution in [-0.4, -0.2) is 38.7 Å². The van der Waals surface area contributed by atoms with Gasteiger partial charge in [0.2, 0.25) is 5.76 Å². The van der Waals surface area contributed by atoms with Gasteiger partial charge in [-0.05, 0) is 37.1 Å². The van der Waals surface area contributed by atoms with E-state index >= 15 is 0 Å². The minimum atomic E-state index is -3.29. The Kier molecular flexibility index (Phi) is 5.11. The van der Waals surface area contributed by atoms with Crippen LogP contribution in [-0.2, 0) is 24.1 Å². The molecule has 0 N–H and O–H groups in total. The maximum atomic E-state index is 12.1. The van der Waals surface area contributed by atoms with Crippen LogP contribution < -0.4 is 0 Å². The minimum Gasteiger partial charge on any atom is -0.482 e. The summed E-state index contributed by atoms with van der Waals surface area (Å²) in [6.45, 7) is 7.33. The van der Waals surface area contributed by atoms with Crippen molar-refractivity contribution in [3.63, 3.8) is 0 Å². The fourth-order valence-corrected chi connectivity index (χ4v) is 3.10. The van der Waals surface area contributed by atoms with Crippen LogP contribution in [0, 0.1) is 0 Å². The molecule has 0 saturated carbocycles. The summed E-state index contributed by atoms with van der Waals surface area (Å²) in [5.74, 6) is -0.243. The average molecular weight is 371 g/mol. The van der Waals surface area contributed by atoms with Gasteiger partial charge < -0.3 is 9.47 Å². The largest absolute Gasteiger partial charge is 0.482 e. The second-order valence-electron chi connectivity index (χ2n) is 6.07. The van der Waals surface area contributed by atoms with E-state index in [4.69, 9.17) is 21.1 Å². The molecule has 7 heteroatoms. The van der Waals surface area contributed by atoms with Gasteiger partial charge >= 0.3 is 5.97 Å². The minimum absolute atomic E-state index is 0.0957. The van der Waals surface area contributed by atoms with Crippen LogP contribution in [0.25, 0.3) is 5.57 Å². The summed E-state index contributed by atoms with van der Waals surface area (Å²) in [4.78, 5) is 12.3. The van der Waals surface area contributed by atoms with Crippen LogP contribution in [0.15, 0.2) is 47.1 Å². The normalized spacial score (nSPS) is 16.9. The second-order valence-corrected chi connectivity index (χ2v) is 8.36. The maximum absolute atomic E-state index is 12.1. The Balaban J connectivity index is 2.46. The molecule has 0 unspecified atom stereocenters. The summed E-state index contributed by atoms with van der Waals surface area (Å²) >= 11 is 5.67. The summed E-state index contributed by atoms with van der Waals surface area (Å²) in [5.41, 5.74) is 0.967. The molecule has 0 amide bonds. The van der Waals surface area contributed by atoms with Crippen molar-refractivity contribution in [3.05, 3.63) is 47.7 Å². The topological polar surface area (TPSA) is 69.7 Å². The summed E-state index contributed by atoms with van der Waals surface area (Å²) in [7, 11) is -3.29. The van der Waals surface area contributed by atoms with E-state index in [1.54, 1.807) is 26.0 Å². The molecule has 5 nitrogen and oxygen atoms in total. The number of ether oxygens (including phenoxy) is 2. The lowest BCUT2D eigenvalue weighted by Crippen LogP contribution is -2.22. The van der Waals surface area contributed by atoms with Gasteiger partial charge in [-0.25, -0.2) is 13.2 Å². The van der Waals surface area contributed by atoms with Crippen LogP contribution in [0.4, 0.5) is 0 Å². The Morgan fingerprint density at radius 3 is 2.38 bits per heavy atom. The van der Waals surface area contributed by atoms with Gasteiger partial charge in [-0.3, -0.25) is 0 Å². The van der Waals surface area contributed by atoms with Crippen LogP contribution >= 0.6 is 11.6 Å². The number of halogens is 1. The van der Waals surface area contributed by atoms with Crippen LogP contribution in [0.5, 0.6) is 0 Å². The Morgan fingerprint density at radius 1 is 1.29 bits per heavy atom. The zero-order valence-electron chi connectivity index (χ0n) is 13.8. The molecule has 1 aliphatic rings. The van der Waals surface area contributed by atoms with Crippen LogP contribution in [0.3, 0.4) is 0 Å². The van der Waals surface area contributed by atoms with Crippen molar-refractivity contribution in [2.24, 2.45) is 0 Å². The highest BCUT2D eigenvalue weighted by atomic mass is 35.5. The number of hydrogen-bond donors (Lipinski definition) is 0. The number of cyclic esters (lactones) is 1.